The number of aryl methyl sites for hydroxylation is 2. The maximum Gasteiger partial charge on any atom is 0.307 e. The van der Waals surface area contributed by atoms with Crippen LogP contribution in [0, 0.1) is 6.92 Å². The van der Waals surface area contributed by atoms with Gasteiger partial charge < -0.3 is 10.4 Å². The van der Waals surface area contributed by atoms with Crippen LogP contribution in [0.4, 0.5) is 5.69 Å². The third-order valence-corrected chi connectivity index (χ3v) is 3.06. The lowest BCUT2D eigenvalue weighted by Crippen LogP contribution is -2.12. The van der Waals surface area contributed by atoms with E-state index in [2.05, 4.69) is 10.4 Å². The molecule has 0 spiro atoms. The smallest absolute Gasteiger partial charge is 0.307 e. The first kappa shape index (κ1) is 14.8. The Morgan fingerprint density at radius 2 is 2.14 bits per heavy atom. The van der Waals surface area contributed by atoms with E-state index < -0.39 is 5.97 Å². The standard InChI is InChI=1S/C15H17N3O3/c1-3-18-9-13(10(2)17-18)15(21)16-12-6-4-5-11(7-12)8-14(19)20/h4-7,9H,3,8H2,1-2H3,(H,16,21)(H,19,20). The fourth-order valence-corrected chi connectivity index (χ4v) is 2.03. The third-order valence-electron chi connectivity index (χ3n) is 3.06. The molecule has 1 amide bonds. The number of aromatic nitrogens is 2. The van der Waals surface area contributed by atoms with Crippen molar-refractivity contribution in [2.45, 2.75) is 26.8 Å². The maximum absolute atomic E-state index is 12.2. The van der Waals surface area contributed by atoms with E-state index in [4.69, 9.17) is 5.11 Å². The number of nitrogens with zero attached hydrogens (tertiary/aromatic N) is 2. The van der Waals surface area contributed by atoms with Crippen molar-refractivity contribution >= 4 is 17.6 Å². The highest BCUT2D eigenvalue weighted by Crippen LogP contribution is 2.14. The van der Waals surface area contributed by atoms with E-state index in [0.717, 1.165) is 0 Å². The molecule has 0 fully saturated rings. The summed E-state index contributed by atoms with van der Waals surface area (Å²) in [5.41, 5.74) is 2.39. The van der Waals surface area contributed by atoms with Crippen molar-refractivity contribution < 1.29 is 14.7 Å². The molecule has 2 aromatic rings. The molecule has 0 atom stereocenters. The predicted molar refractivity (Wildman–Crippen MR) is 78.4 cm³/mol. The van der Waals surface area contributed by atoms with E-state index in [-0.39, 0.29) is 12.3 Å². The van der Waals surface area contributed by atoms with Gasteiger partial charge in [0.05, 0.1) is 17.7 Å². The Kier molecular flexibility index (Phi) is 4.37. The lowest BCUT2D eigenvalue weighted by molar-refractivity contribution is -0.136. The summed E-state index contributed by atoms with van der Waals surface area (Å²) in [4.78, 5) is 22.9. The second-order valence-corrected chi connectivity index (χ2v) is 4.71. The zero-order chi connectivity index (χ0) is 15.4. The zero-order valence-electron chi connectivity index (χ0n) is 12.0. The van der Waals surface area contributed by atoms with Crippen molar-refractivity contribution in [2.24, 2.45) is 0 Å². The normalized spacial score (nSPS) is 10.4. The Morgan fingerprint density at radius 1 is 1.38 bits per heavy atom. The molecule has 0 unspecified atom stereocenters. The van der Waals surface area contributed by atoms with Crippen LogP contribution < -0.4 is 5.32 Å². The number of anilines is 1. The first-order valence-electron chi connectivity index (χ1n) is 6.65. The van der Waals surface area contributed by atoms with Gasteiger partial charge in [0, 0.05) is 18.4 Å². The molecule has 0 saturated carbocycles. The van der Waals surface area contributed by atoms with Crippen molar-refractivity contribution in [3.05, 3.63) is 47.3 Å². The highest BCUT2D eigenvalue weighted by atomic mass is 16.4. The minimum absolute atomic E-state index is 0.0729. The highest BCUT2D eigenvalue weighted by molar-refractivity contribution is 6.04. The molecule has 0 aliphatic heterocycles. The Hall–Kier alpha value is -2.63. The van der Waals surface area contributed by atoms with E-state index in [1.165, 1.54) is 0 Å². The minimum Gasteiger partial charge on any atom is -0.481 e. The van der Waals surface area contributed by atoms with Crippen LogP contribution in [0.3, 0.4) is 0 Å². The van der Waals surface area contributed by atoms with Crippen LogP contribution in [0.5, 0.6) is 0 Å². The summed E-state index contributed by atoms with van der Waals surface area (Å²) in [7, 11) is 0. The molecule has 0 radical (unpaired) electrons. The Morgan fingerprint density at radius 3 is 2.76 bits per heavy atom. The minimum atomic E-state index is -0.904. The van der Waals surface area contributed by atoms with Crippen molar-refractivity contribution in [3.63, 3.8) is 0 Å². The monoisotopic (exact) mass is 287 g/mol. The molecule has 0 bridgehead atoms. The van der Waals surface area contributed by atoms with Crippen molar-refractivity contribution in [3.8, 4) is 0 Å². The van der Waals surface area contributed by atoms with Crippen LogP contribution in [0.15, 0.2) is 30.5 Å². The van der Waals surface area contributed by atoms with Crippen LogP contribution in [0.2, 0.25) is 0 Å². The molecule has 1 heterocycles. The van der Waals surface area contributed by atoms with Crippen LogP contribution in [0.25, 0.3) is 0 Å². The van der Waals surface area contributed by atoms with E-state index in [0.29, 0.717) is 29.1 Å². The molecule has 21 heavy (non-hydrogen) atoms. The fourth-order valence-electron chi connectivity index (χ4n) is 2.03. The molecule has 6 heteroatoms. The van der Waals surface area contributed by atoms with Gasteiger partial charge in [-0.1, -0.05) is 12.1 Å². The third kappa shape index (κ3) is 3.68. The van der Waals surface area contributed by atoms with Crippen molar-refractivity contribution in [1.29, 1.82) is 0 Å². The summed E-state index contributed by atoms with van der Waals surface area (Å²) in [6.45, 7) is 4.42. The number of carbonyl (C=O) groups is 2. The molecule has 6 nitrogen and oxygen atoms in total. The average Bonchev–Trinajstić information content (AvgIpc) is 2.80. The van der Waals surface area contributed by atoms with Gasteiger partial charge in [0.25, 0.3) is 5.91 Å². The molecule has 2 rings (SSSR count). The van der Waals surface area contributed by atoms with E-state index in [1.54, 1.807) is 42.1 Å². The number of amides is 1. The summed E-state index contributed by atoms with van der Waals surface area (Å²) < 4.78 is 1.70. The van der Waals surface area contributed by atoms with Crippen LogP contribution in [-0.4, -0.2) is 26.8 Å². The Bertz CT molecular complexity index is 677. The molecule has 1 aromatic heterocycles. The van der Waals surface area contributed by atoms with Gasteiger partial charge in [-0.05, 0) is 31.5 Å². The van der Waals surface area contributed by atoms with Gasteiger partial charge in [-0.25, -0.2) is 0 Å². The second-order valence-electron chi connectivity index (χ2n) is 4.71. The van der Waals surface area contributed by atoms with Crippen LogP contribution in [-0.2, 0) is 17.8 Å². The molecular weight excluding hydrogens is 270 g/mol. The summed E-state index contributed by atoms with van der Waals surface area (Å²) >= 11 is 0. The van der Waals surface area contributed by atoms with Gasteiger partial charge in [0.2, 0.25) is 0 Å². The number of carboxylic acid groups (broad SMARTS) is 1. The van der Waals surface area contributed by atoms with Gasteiger partial charge >= 0.3 is 5.97 Å². The molecule has 0 saturated heterocycles. The molecule has 0 aliphatic carbocycles. The van der Waals surface area contributed by atoms with Gasteiger partial charge in [-0.15, -0.1) is 0 Å². The maximum atomic E-state index is 12.2. The summed E-state index contributed by atoms with van der Waals surface area (Å²) in [6.07, 6.45) is 1.63. The number of rotatable bonds is 5. The number of benzene rings is 1. The number of carboxylic acids is 1. The number of hydrogen-bond acceptors (Lipinski definition) is 3. The molecule has 1 aromatic carbocycles. The number of nitrogens with one attached hydrogen (secondary N) is 1. The number of hydrogen-bond donors (Lipinski definition) is 2. The predicted octanol–water partition coefficient (Wildman–Crippen LogP) is 2.09. The molecule has 110 valence electrons. The molecule has 0 aliphatic rings. The first-order chi connectivity index (χ1) is 9.99. The molecule has 2 N–H and O–H groups in total. The quantitative estimate of drug-likeness (QED) is 0.882. The van der Waals surface area contributed by atoms with E-state index in [9.17, 15) is 9.59 Å². The number of aliphatic carboxylic acids is 1. The zero-order valence-corrected chi connectivity index (χ0v) is 12.0. The largest absolute Gasteiger partial charge is 0.481 e. The second kappa shape index (κ2) is 6.21. The first-order valence-corrected chi connectivity index (χ1v) is 6.65. The fraction of sp³-hybridized carbons (Fsp3) is 0.267. The van der Waals surface area contributed by atoms with E-state index in [1.807, 2.05) is 6.92 Å². The summed E-state index contributed by atoms with van der Waals surface area (Å²) in [6, 6.07) is 6.81. The van der Waals surface area contributed by atoms with E-state index >= 15 is 0 Å². The Labute approximate surface area is 122 Å². The Balaban J connectivity index is 2.15. The lowest BCUT2D eigenvalue weighted by Gasteiger charge is -2.06. The lowest BCUT2D eigenvalue weighted by atomic mass is 10.1. The van der Waals surface area contributed by atoms with Gasteiger partial charge in [-0.2, -0.15) is 5.10 Å². The SMILES string of the molecule is CCn1cc(C(=O)Nc2cccc(CC(=O)O)c2)c(C)n1. The summed E-state index contributed by atoms with van der Waals surface area (Å²) in [5.74, 6) is -1.15. The van der Waals surface area contributed by atoms with Crippen molar-refractivity contribution in [2.75, 3.05) is 5.32 Å². The highest BCUT2D eigenvalue weighted by Gasteiger charge is 2.13. The van der Waals surface area contributed by atoms with Crippen molar-refractivity contribution in [1.82, 2.24) is 9.78 Å². The topological polar surface area (TPSA) is 84.2 Å². The average molecular weight is 287 g/mol. The summed E-state index contributed by atoms with van der Waals surface area (Å²) in [5, 5.41) is 15.8. The number of carbonyl (C=O) groups excluding carboxylic acids is 1. The van der Waals surface area contributed by atoms with Gasteiger partial charge in [-0.3, -0.25) is 14.3 Å². The van der Waals surface area contributed by atoms with Gasteiger partial charge in [0.1, 0.15) is 0 Å². The van der Waals surface area contributed by atoms with Crippen LogP contribution >= 0.6 is 0 Å². The van der Waals surface area contributed by atoms with Gasteiger partial charge in [0.15, 0.2) is 0 Å². The van der Waals surface area contributed by atoms with Crippen LogP contribution in [0.1, 0.15) is 28.5 Å². The molecular formula is C15H17N3O3.